The van der Waals surface area contributed by atoms with Crippen LogP contribution >= 0.6 is 0 Å². The van der Waals surface area contributed by atoms with Crippen LogP contribution in [0.15, 0.2) is 35.3 Å². The molecule has 25 heavy (non-hydrogen) atoms. The highest BCUT2D eigenvalue weighted by Crippen LogP contribution is 2.14. The van der Waals surface area contributed by atoms with Gasteiger partial charge in [0.1, 0.15) is 18.2 Å². The number of benzene rings is 1. The van der Waals surface area contributed by atoms with Crippen LogP contribution in [-0.2, 0) is 24.3 Å². The zero-order chi connectivity index (χ0) is 17.4. The number of nitrogens with zero attached hydrogens (tertiary/aromatic N) is 5. The lowest BCUT2D eigenvalue weighted by atomic mass is 10.1. The molecule has 1 N–H and O–H groups in total. The Morgan fingerprint density at radius 2 is 2.16 bits per heavy atom. The zero-order valence-corrected chi connectivity index (χ0v) is 13.8. The Hall–Kier alpha value is -3.03. The minimum Gasteiger partial charge on any atom is -0.350 e. The van der Waals surface area contributed by atoms with Crippen LogP contribution in [0.4, 0.5) is 0 Å². The summed E-state index contributed by atoms with van der Waals surface area (Å²) in [4.78, 5) is 24.8. The van der Waals surface area contributed by atoms with Crippen molar-refractivity contribution < 1.29 is 4.79 Å². The van der Waals surface area contributed by atoms with Crippen LogP contribution < -0.4 is 10.9 Å². The average Bonchev–Trinajstić information content (AvgIpc) is 2.98. The summed E-state index contributed by atoms with van der Waals surface area (Å²) in [5.41, 5.74) is -0.256. The Morgan fingerprint density at radius 3 is 3.04 bits per heavy atom. The molecule has 2 aromatic heterocycles. The topological polar surface area (TPSA) is 94.7 Å². The van der Waals surface area contributed by atoms with Gasteiger partial charge in [-0.1, -0.05) is 18.2 Å². The number of carbonyl (C=O) groups excluding carboxylic acids is 1. The van der Waals surface area contributed by atoms with E-state index in [-0.39, 0.29) is 24.1 Å². The first kappa shape index (κ1) is 15.5. The van der Waals surface area contributed by atoms with Gasteiger partial charge in [-0.2, -0.15) is 5.10 Å². The first-order valence-corrected chi connectivity index (χ1v) is 8.25. The maximum atomic E-state index is 12.4. The van der Waals surface area contributed by atoms with Gasteiger partial charge in [-0.25, -0.2) is 4.68 Å². The van der Waals surface area contributed by atoms with Gasteiger partial charge in [0.2, 0.25) is 5.91 Å². The molecule has 0 aliphatic carbocycles. The second kappa shape index (κ2) is 6.12. The fourth-order valence-corrected chi connectivity index (χ4v) is 3.23. The molecule has 128 valence electrons. The van der Waals surface area contributed by atoms with E-state index < -0.39 is 0 Å². The van der Waals surface area contributed by atoms with Crippen molar-refractivity contribution in [2.45, 2.75) is 38.9 Å². The summed E-state index contributed by atoms with van der Waals surface area (Å²) in [5.74, 6) is 1.58. The van der Waals surface area contributed by atoms with Crippen molar-refractivity contribution >= 4 is 16.7 Å². The number of hydrogen-bond donors (Lipinski definition) is 1. The number of hydrogen-bond acceptors (Lipinski definition) is 5. The van der Waals surface area contributed by atoms with Crippen molar-refractivity contribution in [2.75, 3.05) is 0 Å². The third kappa shape index (κ3) is 2.90. The van der Waals surface area contributed by atoms with Crippen molar-refractivity contribution in [1.82, 2.24) is 29.9 Å². The molecule has 1 aliphatic rings. The van der Waals surface area contributed by atoms with Gasteiger partial charge in [0.15, 0.2) is 0 Å². The molecule has 0 saturated carbocycles. The fraction of sp³-hybridized carbons (Fsp3) is 0.353. The summed E-state index contributed by atoms with van der Waals surface area (Å²) in [6.45, 7) is 2.47. The van der Waals surface area contributed by atoms with Crippen molar-refractivity contribution in [3.63, 3.8) is 0 Å². The average molecular weight is 338 g/mol. The van der Waals surface area contributed by atoms with Crippen LogP contribution in [0.25, 0.3) is 10.8 Å². The van der Waals surface area contributed by atoms with E-state index in [0.717, 1.165) is 29.9 Å². The first-order valence-electron chi connectivity index (χ1n) is 8.25. The monoisotopic (exact) mass is 338 g/mol. The molecule has 0 bridgehead atoms. The van der Waals surface area contributed by atoms with Gasteiger partial charge in [0.25, 0.3) is 5.56 Å². The number of aromatic nitrogens is 5. The third-order valence-corrected chi connectivity index (χ3v) is 4.55. The molecule has 0 unspecified atom stereocenters. The van der Waals surface area contributed by atoms with Crippen LogP contribution in [0, 0.1) is 6.92 Å². The van der Waals surface area contributed by atoms with Crippen molar-refractivity contribution in [1.29, 1.82) is 0 Å². The summed E-state index contributed by atoms with van der Waals surface area (Å²) < 4.78 is 3.23. The standard InChI is InChI=1S/C17H18N6O2/c1-11-20-21-15-7-6-13(9-22(11)15)19-16(24)10-23-17(25)14-5-3-2-4-12(14)8-18-23/h2-5,8,13H,6-7,9-10H2,1H3,(H,19,24)/t13-/m0/s1. The molecule has 1 amide bonds. The maximum absolute atomic E-state index is 12.4. The summed E-state index contributed by atoms with van der Waals surface area (Å²) >= 11 is 0. The maximum Gasteiger partial charge on any atom is 0.275 e. The lowest BCUT2D eigenvalue weighted by molar-refractivity contribution is -0.122. The number of rotatable bonds is 3. The van der Waals surface area contributed by atoms with Crippen LogP contribution in [0.3, 0.4) is 0 Å². The van der Waals surface area contributed by atoms with Gasteiger partial charge >= 0.3 is 0 Å². The highest BCUT2D eigenvalue weighted by Gasteiger charge is 2.23. The second-order valence-electron chi connectivity index (χ2n) is 6.27. The molecule has 4 rings (SSSR count). The lowest BCUT2D eigenvalue weighted by Gasteiger charge is -2.24. The highest BCUT2D eigenvalue weighted by atomic mass is 16.2. The molecule has 3 heterocycles. The Kier molecular flexibility index (Phi) is 3.79. The van der Waals surface area contributed by atoms with Crippen molar-refractivity contribution in [3.8, 4) is 0 Å². The summed E-state index contributed by atoms with van der Waals surface area (Å²) in [6.07, 6.45) is 3.20. The Balaban J connectivity index is 1.47. The first-order chi connectivity index (χ1) is 12.1. The van der Waals surface area contributed by atoms with E-state index in [0.29, 0.717) is 11.9 Å². The third-order valence-electron chi connectivity index (χ3n) is 4.55. The van der Waals surface area contributed by atoms with E-state index in [9.17, 15) is 9.59 Å². The SMILES string of the molecule is Cc1nnc2n1C[C@@H](NC(=O)Cn1ncc3ccccc3c1=O)CC2. The van der Waals surface area contributed by atoms with Gasteiger partial charge in [0, 0.05) is 24.4 Å². The van der Waals surface area contributed by atoms with Crippen LogP contribution in [-0.4, -0.2) is 36.5 Å². The molecular weight excluding hydrogens is 320 g/mol. The Labute approximate surface area is 143 Å². The summed E-state index contributed by atoms with van der Waals surface area (Å²) in [6, 6.07) is 7.23. The molecule has 3 aromatic rings. The molecule has 0 saturated heterocycles. The number of aryl methyl sites for hydroxylation is 2. The number of carbonyl (C=O) groups is 1. The number of amides is 1. The van der Waals surface area contributed by atoms with Gasteiger partial charge in [0.05, 0.1) is 11.6 Å². The second-order valence-corrected chi connectivity index (χ2v) is 6.27. The van der Waals surface area contributed by atoms with Crippen molar-refractivity contribution in [3.05, 3.63) is 52.5 Å². The lowest BCUT2D eigenvalue weighted by Crippen LogP contribution is -2.43. The largest absolute Gasteiger partial charge is 0.350 e. The van der Waals surface area contributed by atoms with E-state index in [1.54, 1.807) is 18.3 Å². The minimum atomic E-state index is -0.256. The molecular formula is C17H18N6O2. The van der Waals surface area contributed by atoms with Gasteiger partial charge in [-0.05, 0) is 19.4 Å². The predicted molar refractivity (Wildman–Crippen MR) is 91.0 cm³/mol. The molecule has 1 aromatic carbocycles. The van der Waals surface area contributed by atoms with E-state index in [2.05, 4.69) is 20.6 Å². The van der Waals surface area contributed by atoms with Crippen LogP contribution in [0.1, 0.15) is 18.1 Å². The highest BCUT2D eigenvalue weighted by molar-refractivity contribution is 5.81. The van der Waals surface area contributed by atoms with Gasteiger partial charge in [-0.3, -0.25) is 9.59 Å². The number of nitrogens with one attached hydrogen (secondary N) is 1. The fourth-order valence-electron chi connectivity index (χ4n) is 3.23. The van der Waals surface area contributed by atoms with E-state index in [1.807, 2.05) is 23.6 Å². The molecule has 0 radical (unpaired) electrons. The Bertz CT molecular complexity index is 1010. The van der Waals surface area contributed by atoms with Crippen LogP contribution in [0.5, 0.6) is 0 Å². The van der Waals surface area contributed by atoms with Gasteiger partial charge < -0.3 is 9.88 Å². The quantitative estimate of drug-likeness (QED) is 0.747. The normalized spacial score (nSPS) is 16.6. The predicted octanol–water partition coefficient (Wildman–Crippen LogP) is 0.428. The van der Waals surface area contributed by atoms with Crippen molar-refractivity contribution in [2.24, 2.45) is 0 Å². The molecule has 1 atom stereocenters. The van der Waals surface area contributed by atoms with Crippen LogP contribution in [0.2, 0.25) is 0 Å². The van der Waals surface area contributed by atoms with Gasteiger partial charge in [-0.15, -0.1) is 10.2 Å². The minimum absolute atomic E-state index is 0.00542. The molecule has 8 nitrogen and oxygen atoms in total. The molecule has 8 heteroatoms. The van der Waals surface area contributed by atoms with E-state index >= 15 is 0 Å². The molecule has 0 spiro atoms. The Morgan fingerprint density at radius 1 is 1.32 bits per heavy atom. The summed E-state index contributed by atoms with van der Waals surface area (Å²) in [7, 11) is 0. The van der Waals surface area contributed by atoms with E-state index in [4.69, 9.17) is 0 Å². The smallest absolute Gasteiger partial charge is 0.275 e. The summed E-state index contributed by atoms with van der Waals surface area (Å²) in [5, 5.41) is 16.6. The molecule has 1 aliphatic heterocycles. The zero-order valence-electron chi connectivity index (χ0n) is 13.8. The molecule has 0 fully saturated rings. The van der Waals surface area contributed by atoms with E-state index in [1.165, 1.54) is 4.68 Å². The number of fused-ring (bicyclic) bond motifs is 2.